The van der Waals surface area contributed by atoms with Gasteiger partial charge in [0.25, 0.3) is 0 Å². The number of amides is 3. The maximum absolute atomic E-state index is 13.8. The van der Waals surface area contributed by atoms with Crippen molar-refractivity contribution < 1.29 is 57.4 Å². The molecule has 360 valence electrons. The normalized spacial score (nSPS) is 27.1. The van der Waals surface area contributed by atoms with Crippen molar-refractivity contribution in [3.8, 4) is 0 Å². The van der Waals surface area contributed by atoms with Gasteiger partial charge in [0.05, 0.1) is 43.5 Å². The molecule has 1 spiro atoms. The Hall–Kier alpha value is -6.24. The van der Waals surface area contributed by atoms with Gasteiger partial charge in [-0.1, -0.05) is 133 Å². The third-order valence-electron chi connectivity index (χ3n) is 12.7. The van der Waals surface area contributed by atoms with Gasteiger partial charge in [0.15, 0.2) is 12.1 Å². The Balaban J connectivity index is 1.08. The Morgan fingerprint density at radius 1 is 0.721 bits per heavy atom. The molecule has 2 heterocycles. The van der Waals surface area contributed by atoms with E-state index in [-0.39, 0.29) is 39.4 Å². The Kier molecular flexibility index (Phi) is 16.4. The number of alkyl carbamates (subject to hydrolysis) is 2. The van der Waals surface area contributed by atoms with Crippen LogP contribution < -0.4 is 10.6 Å². The summed E-state index contributed by atoms with van der Waals surface area (Å²) in [5.74, 6) is -1.09. The Labute approximate surface area is 394 Å². The second-order valence-electron chi connectivity index (χ2n) is 17.5. The second-order valence-corrected chi connectivity index (χ2v) is 17.5. The zero-order valence-electron chi connectivity index (χ0n) is 37.8. The summed E-state index contributed by atoms with van der Waals surface area (Å²) in [6.45, 7) is 0.0885. The van der Waals surface area contributed by atoms with E-state index in [0.717, 1.165) is 41.5 Å². The van der Waals surface area contributed by atoms with Crippen molar-refractivity contribution in [3.63, 3.8) is 0 Å². The molecule has 3 amide bonds. The van der Waals surface area contributed by atoms with E-state index in [0.29, 0.717) is 12.8 Å². The number of azide groups is 1. The number of rotatable bonds is 16. The van der Waals surface area contributed by atoms with Crippen LogP contribution in [0.4, 0.5) is 14.4 Å². The predicted octanol–water partition coefficient (Wildman–Crippen LogP) is 7.43. The summed E-state index contributed by atoms with van der Waals surface area (Å²) in [6, 6.07) is 33.5. The fourth-order valence-corrected chi connectivity index (χ4v) is 9.22. The third-order valence-corrected chi connectivity index (χ3v) is 12.7. The molecule has 0 radical (unpaired) electrons. The van der Waals surface area contributed by atoms with E-state index < -0.39 is 85.1 Å². The molecule has 0 bridgehead atoms. The molecular formula is C50H58N6O12. The lowest BCUT2D eigenvalue weighted by atomic mass is 9.81. The molecule has 68 heavy (non-hydrogen) atoms. The number of hydrogen-bond acceptors (Lipinski definition) is 13. The number of carbonyl (C=O) groups excluding carboxylic acids is 3. The molecule has 10 atom stereocenters. The van der Waals surface area contributed by atoms with Crippen LogP contribution in [0, 0.1) is 0 Å². The number of benzene rings is 4. The lowest BCUT2D eigenvalue weighted by Gasteiger charge is -2.48. The van der Waals surface area contributed by atoms with E-state index in [9.17, 15) is 25.0 Å². The van der Waals surface area contributed by atoms with E-state index in [1.54, 1.807) is 19.2 Å². The third kappa shape index (κ3) is 12.4. The molecular weight excluding hydrogens is 877 g/mol. The highest BCUT2D eigenvalue weighted by Gasteiger charge is 2.62. The van der Waals surface area contributed by atoms with Gasteiger partial charge in [-0.05, 0) is 47.0 Å². The van der Waals surface area contributed by atoms with Crippen molar-refractivity contribution in [1.29, 1.82) is 0 Å². The van der Waals surface area contributed by atoms with Gasteiger partial charge < -0.3 is 58.5 Å². The van der Waals surface area contributed by atoms with E-state index in [1.807, 2.05) is 109 Å². The molecule has 4 fully saturated rings. The fourth-order valence-electron chi connectivity index (χ4n) is 9.22. The maximum Gasteiger partial charge on any atom is 0.409 e. The summed E-state index contributed by atoms with van der Waals surface area (Å²) in [4.78, 5) is 45.3. The number of carbonyl (C=O) groups is 3. The Morgan fingerprint density at radius 2 is 1.22 bits per heavy atom. The predicted molar refractivity (Wildman–Crippen MR) is 244 cm³/mol. The van der Waals surface area contributed by atoms with Gasteiger partial charge in [-0.3, -0.25) is 0 Å². The summed E-state index contributed by atoms with van der Waals surface area (Å²) >= 11 is 0. The van der Waals surface area contributed by atoms with Crippen molar-refractivity contribution in [2.75, 3.05) is 13.6 Å². The van der Waals surface area contributed by atoms with Crippen molar-refractivity contribution in [3.05, 3.63) is 154 Å². The standard InChI is InChI=1S/C50H58N6O12/c1-56(49(60)64-32-36-23-13-5-14-24-36)28-39-38(61-29-33-17-7-2-8-18-33)27-37(54-55-51)46(65-39)66-43-40(52-47(58)62-30-34-19-9-3-10-20-34)42(57)41(53-48(59)63-31-35-21-11-4-12-22-35)44-45(43)68-50(67-44)25-15-6-16-26-50/h2-5,7-14,17-24,37-46,57H,6,15-16,25-32H2,1H3,(H,52,58)(H,53,59)/t37-,38+,39-,40+,41-,42+,43-,44+,45+,46-/m1/s1. The van der Waals surface area contributed by atoms with Crippen molar-refractivity contribution in [1.82, 2.24) is 15.5 Å². The van der Waals surface area contributed by atoms with Gasteiger partial charge in [-0.2, -0.15) is 0 Å². The SMILES string of the molecule is CN(C[C@H]1O[C@H](O[C@@H]2[C@@H](NC(=O)OCc3ccccc3)[C@H](O)[C@@H](NC(=O)OCc3ccccc3)[C@@H]3OC4(CCCCC4)O[C@@H]23)[C@H](N=[N+]=[N-])C[C@@H]1OCc1ccccc1)C(=O)OCc1ccccc1. The molecule has 18 nitrogen and oxygen atoms in total. The maximum atomic E-state index is 13.8. The van der Waals surface area contributed by atoms with E-state index >= 15 is 0 Å². The smallest absolute Gasteiger partial charge is 0.409 e. The molecule has 4 aromatic rings. The minimum atomic E-state index is -1.58. The Morgan fingerprint density at radius 3 is 1.76 bits per heavy atom. The minimum absolute atomic E-state index is 0.0252. The highest BCUT2D eigenvalue weighted by atomic mass is 16.8. The molecule has 2 aliphatic heterocycles. The molecule has 3 N–H and O–H groups in total. The number of hydrogen-bond donors (Lipinski definition) is 3. The Bertz CT molecular complexity index is 2290. The van der Waals surface area contributed by atoms with Crippen LogP contribution in [-0.4, -0.2) is 109 Å². The first-order valence-corrected chi connectivity index (χ1v) is 23.1. The second kappa shape index (κ2) is 23.2. The van der Waals surface area contributed by atoms with Crippen LogP contribution in [0.25, 0.3) is 10.4 Å². The summed E-state index contributed by atoms with van der Waals surface area (Å²) in [5, 5.41) is 22.2. The topological polar surface area (TPSA) is 221 Å². The highest BCUT2D eigenvalue weighted by Crippen LogP contribution is 2.46. The van der Waals surface area contributed by atoms with E-state index in [1.165, 1.54) is 4.90 Å². The molecule has 0 unspecified atom stereocenters. The van der Waals surface area contributed by atoms with E-state index in [4.69, 9.17) is 37.9 Å². The largest absolute Gasteiger partial charge is 0.445 e. The number of fused-ring (bicyclic) bond motifs is 1. The molecule has 0 aromatic heterocycles. The molecule has 18 heteroatoms. The fraction of sp³-hybridized carbons (Fsp3) is 0.460. The number of nitrogens with zero attached hydrogens (tertiary/aromatic N) is 4. The van der Waals surface area contributed by atoms with E-state index in [2.05, 4.69) is 20.7 Å². The summed E-state index contributed by atoms with van der Waals surface area (Å²) in [7, 11) is 1.58. The van der Waals surface area contributed by atoms with Gasteiger partial charge in [0, 0.05) is 24.8 Å². The summed E-state index contributed by atoms with van der Waals surface area (Å²) in [6.07, 6.45) is -6.41. The number of aliphatic hydroxyl groups excluding tert-OH is 1. The average molecular weight is 935 g/mol. The molecule has 4 aliphatic rings. The zero-order chi connectivity index (χ0) is 47.3. The van der Waals surface area contributed by atoms with Crippen LogP contribution in [0.1, 0.15) is 60.8 Å². The van der Waals surface area contributed by atoms with Crippen LogP contribution >= 0.6 is 0 Å². The molecule has 4 aromatic carbocycles. The van der Waals surface area contributed by atoms with Crippen molar-refractivity contribution >= 4 is 18.3 Å². The van der Waals surface area contributed by atoms with Gasteiger partial charge in [0.2, 0.25) is 0 Å². The first-order valence-electron chi connectivity index (χ1n) is 23.1. The monoisotopic (exact) mass is 934 g/mol. The minimum Gasteiger partial charge on any atom is -0.445 e. The van der Waals surface area contributed by atoms with Crippen LogP contribution in [0.2, 0.25) is 0 Å². The molecule has 8 rings (SSSR count). The quantitative estimate of drug-likeness (QED) is 0.0432. The molecule has 2 aliphatic carbocycles. The molecule has 2 saturated heterocycles. The van der Waals surface area contributed by atoms with Crippen molar-refractivity contribution in [2.45, 2.75) is 132 Å². The number of aliphatic hydroxyl groups is 1. The van der Waals surface area contributed by atoms with Crippen LogP contribution in [0.3, 0.4) is 0 Å². The van der Waals surface area contributed by atoms with Crippen molar-refractivity contribution in [2.24, 2.45) is 5.11 Å². The zero-order valence-corrected chi connectivity index (χ0v) is 37.8. The van der Waals surface area contributed by atoms with Crippen LogP contribution in [0.5, 0.6) is 0 Å². The summed E-state index contributed by atoms with van der Waals surface area (Å²) < 4.78 is 50.6. The van der Waals surface area contributed by atoms with Gasteiger partial charge in [0.1, 0.15) is 44.2 Å². The van der Waals surface area contributed by atoms with Gasteiger partial charge in [-0.25, -0.2) is 14.4 Å². The van der Waals surface area contributed by atoms with Gasteiger partial charge in [-0.15, -0.1) is 0 Å². The summed E-state index contributed by atoms with van der Waals surface area (Å²) in [5.41, 5.74) is 13.1. The van der Waals surface area contributed by atoms with Gasteiger partial charge >= 0.3 is 18.3 Å². The number of likely N-dealkylation sites (N-methyl/N-ethyl adjacent to an activating group) is 1. The molecule has 2 saturated carbocycles. The average Bonchev–Trinajstić information content (AvgIpc) is 3.73. The number of nitrogens with one attached hydrogen (secondary N) is 2. The lowest BCUT2D eigenvalue weighted by Crippen LogP contribution is -2.72. The van der Waals surface area contributed by atoms with Crippen LogP contribution in [0.15, 0.2) is 126 Å². The number of ether oxygens (including phenoxy) is 8. The van der Waals surface area contributed by atoms with Crippen LogP contribution in [-0.2, 0) is 64.3 Å². The first kappa shape index (κ1) is 48.2. The highest BCUT2D eigenvalue weighted by molar-refractivity contribution is 5.69. The first-order chi connectivity index (χ1) is 33.2. The lowest BCUT2D eigenvalue weighted by molar-refractivity contribution is -0.280.